The van der Waals surface area contributed by atoms with Gasteiger partial charge in [0, 0.05) is 0 Å². The molecule has 3 heteroatoms. The molecule has 0 saturated carbocycles. The summed E-state index contributed by atoms with van der Waals surface area (Å²) in [5.41, 5.74) is 26.2. The summed E-state index contributed by atoms with van der Waals surface area (Å²) in [6, 6.07) is 42.5. The molecule has 0 spiro atoms. The summed E-state index contributed by atoms with van der Waals surface area (Å²) in [7, 11) is 0. The summed E-state index contributed by atoms with van der Waals surface area (Å²) in [6.07, 6.45) is 9.94. The molecule has 68 heavy (non-hydrogen) atoms. The normalized spacial score (nSPS) is 13.2. The van der Waals surface area contributed by atoms with E-state index in [-0.39, 0.29) is 35.6 Å². The monoisotopic (exact) mass is 1020 g/mol. The molecule has 1 atom stereocenters. The van der Waals surface area contributed by atoms with E-state index in [0.29, 0.717) is 11.3 Å². The molecule has 0 aromatic heterocycles. The van der Waals surface area contributed by atoms with Gasteiger partial charge in [0.25, 0.3) is 0 Å². The van der Waals surface area contributed by atoms with Crippen molar-refractivity contribution in [1.29, 1.82) is 0 Å². The maximum atomic E-state index is 4.01. The molecule has 0 nitrogen and oxygen atoms in total. The fourth-order valence-electron chi connectivity index (χ4n) is 9.15. The third-order valence-corrected chi connectivity index (χ3v) is 12.5. The molecule has 0 saturated heterocycles. The van der Waals surface area contributed by atoms with Crippen LogP contribution in [-0.2, 0) is 41.5 Å². The van der Waals surface area contributed by atoms with Crippen molar-refractivity contribution in [3.8, 4) is 33.4 Å². The van der Waals surface area contributed by atoms with Gasteiger partial charge in [-0.2, -0.15) is 83.4 Å². The van der Waals surface area contributed by atoms with Gasteiger partial charge in [0.05, 0.1) is 0 Å². The summed E-state index contributed by atoms with van der Waals surface area (Å²) in [4.78, 5) is 0. The molecule has 0 heterocycles. The Morgan fingerprint density at radius 2 is 0.956 bits per heavy atom. The second-order valence-corrected chi connectivity index (χ2v) is 21.6. The molecule has 362 valence electrons. The van der Waals surface area contributed by atoms with E-state index < -0.39 is 0 Å². The van der Waals surface area contributed by atoms with Crippen LogP contribution < -0.4 is 0 Å². The summed E-state index contributed by atoms with van der Waals surface area (Å²) < 4.78 is 3.34. The average molecular weight is 1020 g/mol. The summed E-state index contributed by atoms with van der Waals surface area (Å²) in [6.45, 7) is 40.6. The number of hydrogen-bond acceptors (Lipinski definition) is 0. The zero-order valence-electron chi connectivity index (χ0n) is 44.8. The fourth-order valence-corrected chi connectivity index (χ4v) is 9.15. The van der Waals surface area contributed by atoms with Gasteiger partial charge in [-0.25, -0.2) is 6.08 Å². The Morgan fingerprint density at radius 3 is 1.31 bits per heavy atom. The number of rotatable bonds is 3. The number of halogens is 2. The topological polar surface area (TPSA) is 0 Å². The van der Waals surface area contributed by atoms with Crippen LogP contribution in [0.4, 0.5) is 0 Å². The van der Waals surface area contributed by atoms with Crippen LogP contribution in [0.2, 0.25) is 0 Å². The van der Waals surface area contributed by atoms with E-state index in [4.69, 9.17) is 0 Å². The molecule has 2 aliphatic rings. The summed E-state index contributed by atoms with van der Waals surface area (Å²) in [5.74, 6) is 0.573. The van der Waals surface area contributed by atoms with Crippen LogP contribution in [0.1, 0.15) is 142 Å². The zero-order chi connectivity index (χ0) is 49.3. The maximum absolute atomic E-state index is 4.01. The standard InChI is InChI=1S/C39H45.C11H17.2C7H7.CH2.2ClH.Zr/c1-22-13-24(3)36(25(4)14-22)32-18-28-17-29-19-33(37-26(5)15-23(2)16-27(37)6)35(39(10,11)12)21-31(29)30(28)20-34(32)38(7,8)9;1-5-9-6-7-10(8-9)11(2,3)4;2*1-7-5-3-2-4-6-7;;;;/h13-16,18,20-21H,17H2,1-12H3;7-9H,5H2,1-4H3;2*3-6H,1H3;1H2;2*1H;/q4*-1;;;;. The van der Waals surface area contributed by atoms with Crippen molar-refractivity contribution in [2.75, 3.05) is 0 Å². The van der Waals surface area contributed by atoms with Crippen molar-refractivity contribution in [1.82, 2.24) is 0 Å². The van der Waals surface area contributed by atoms with Crippen LogP contribution in [0.25, 0.3) is 33.4 Å². The Balaban J connectivity index is 0.000000442. The minimum atomic E-state index is 0. The molecule has 0 amide bonds. The van der Waals surface area contributed by atoms with E-state index in [0.717, 1.165) is 6.42 Å². The molecule has 0 N–H and O–H groups in total. The predicted octanol–water partition coefficient (Wildman–Crippen LogP) is 18.6. The Kier molecular flexibility index (Phi) is 22.9. The Labute approximate surface area is 442 Å². The fraction of sp³-hybridized carbons (Fsp3) is 0.369. The first-order valence-electron chi connectivity index (χ1n) is 23.8. The Hall–Kier alpha value is -3.87. The van der Waals surface area contributed by atoms with Gasteiger partial charge < -0.3 is 0 Å². The van der Waals surface area contributed by atoms with Crippen LogP contribution in [0.3, 0.4) is 0 Å². The van der Waals surface area contributed by atoms with Gasteiger partial charge >= 0.3 is 28.4 Å². The molecule has 2 aliphatic carbocycles. The van der Waals surface area contributed by atoms with Crippen LogP contribution in [0, 0.1) is 91.0 Å². The van der Waals surface area contributed by atoms with E-state index >= 15 is 0 Å². The van der Waals surface area contributed by atoms with Crippen molar-refractivity contribution < 1.29 is 24.2 Å². The van der Waals surface area contributed by atoms with Gasteiger partial charge in [-0.05, 0) is 92.2 Å². The van der Waals surface area contributed by atoms with Crippen molar-refractivity contribution in [2.24, 2.45) is 11.3 Å². The third-order valence-electron chi connectivity index (χ3n) is 12.5. The first-order valence-corrected chi connectivity index (χ1v) is 25.6. The van der Waals surface area contributed by atoms with Gasteiger partial charge in [-0.3, -0.25) is 6.08 Å². The molecule has 0 fully saturated rings. The van der Waals surface area contributed by atoms with Crippen LogP contribution in [-0.4, -0.2) is 4.21 Å². The Bertz CT molecular complexity index is 2430. The van der Waals surface area contributed by atoms with E-state index in [1.54, 1.807) is 0 Å². The molecule has 8 rings (SSSR count). The first kappa shape index (κ1) is 60.3. The van der Waals surface area contributed by atoms with Crippen LogP contribution in [0.15, 0.2) is 109 Å². The minimum absolute atomic E-state index is 0. The van der Waals surface area contributed by atoms with Gasteiger partial charge in [0.1, 0.15) is 0 Å². The van der Waals surface area contributed by atoms with Crippen LogP contribution >= 0.6 is 24.8 Å². The van der Waals surface area contributed by atoms with Gasteiger partial charge in [-0.1, -0.05) is 176 Å². The molecular formula is C65H80Cl2Zr-4. The van der Waals surface area contributed by atoms with E-state index in [9.17, 15) is 0 Å². The van der Waals surface area contributed by atoms with Gasteiger partial charge in [0.15, 0.2) is 0 Å². The van der Waals surface area contributed by atoms with Crippen molar-refractivity contribution in [3.05, 3.63) is 200 Å². The number of aryl methyl sites for hydroxylation is 8. The van der Waals surface area contributed by atoms with Gasteiger partial charge in [-0.15, -0.1) is 53.6 Å². The molecule has 0 radical (unpaired) electrons. The summed E-state index contributed by atoms with van der Waals surface area (Å²) >= 11 is 1.30. The van der Waals surface area contributed by atoms with Crippen molar-refractivity contribution in [2.45, 2.75) is 148 Å². The van der Waals surface area contributed by atoms with E-state index in [1.807, 2.05) is 48.5 Å². The summed E-state index contributed by atoms with van der Waals surface area (Å²) in [5, 5.41) is 0. The second-order valence-electron chi connectivity index (χ2n) is 21.6. The first-order chi connectivity index (χ1) is 30.9. The number of fused-ring (bicyclic) bond motifs is 3. The SMILES string of the molecule is CCC1[C-]=CC(C(C)(C)C)=C1.Cc1cc(C)c(-c2[c-]c3c(cc2C(C)(C)C)-c2cc(C(C)(C)C)c(-c4c(C)cc(C)cc4C)cc2C3)c(C)c1.Cc1cc[c-]cc1.Cc1cc[c-]cc1.Cl.Cl.[CH2]=[Zr]. The van der Waals surface area contributed by atoms with Crippen molar-refractivity contribution in [3.63, 3.8) is 0 Å². The van der Waals surface area contributed by atoms with Crippen LogP contribution in [0.5, 0.6) is 0 Å². The van der Waals surface area contributed by atoms with E-state index in [1.165, 1.54) is 136 Å². The molecular weight excluding hydrogens is 943 g/mol. The molecule has 6 aromatic rings. The zero-order valence-corrected chi connectivity index (χ0v) is 48.9. The van der Waals surface area contributed by atoms with E-state index in [2.05, 4.69) is 208 Å². The number of benzene rings is 6. The molecule has 6 aromatic carbocycles. The Morgan fingerprint density at radius 1 is 0.529 bits per heavy atom. The average Bonchev–Trinajstić information content (AvgIpc) is 3.86. The molecule has 1 unspecified atom stereocenters. The molecule has 0 bridgehead atoms. The number of hydrogen-bond donors (Lipinski definition) is 0. The third kappa shape index (κ3) is 15.8. The van der Waals surface area contributed by atoms with Crippen molar-refractivity contribution >= 4 is 29.0 Å². The quantitative estimate of drug-likeness (QED) is 0.155. The van der Waals surface area contributed by atoms with Gasteiger partial charge in [0.2, 0.25) is 0 Å². The molecule has 0 aliphatic heterocycles. The predicted molar refractivity (Wildman–Crippen MR) is 301 cm³/mol. The second kappa shape index (κ2) is 25.8. The number of allylic oxidation sites excluding steroid dienone is 4.